The quantitative estimate of drug-likeness (QED) is 0.843. The number of carbonyl (C=O) groups excluding carboxylic acids is 1. The zero-order chi connectivity index (χ0) is 15.4. The summed E-state index contributed by atoms with van der Waals surface area (Å²) < 4.78 is 0. The van der Waals surface area contributed by atoms with Gasteiger partial charge in [-0.3, -0.25) is 9.69 Å². The first-order chi connectivity index (χ1) is 9.97. The number of halogens is 1. The summed E-state index contributed by atoms with van der Waals surface area (Å²) in [5.41, 5.74) is 6.66. The summed E-state index contributed by atoms with van der Waals surface area (Å²) in [5, 5.41) is 4.02. The maximum atomic E-state index is 11.1. The third-order valence-electron chi connectivity index (χ3n) is 4.01. The van der Waals surface area contributed by atoms with E-state index in [-0.39, 0.29) is 0 Å². The smallest absolute Gasteiger partial charge is 0.248 e. The van der Waals surface area contributed by atoms with E-state index in [2.05, 4.69) is 29.2 Å². The molecule has 1 unspecified atom stereocenters. The van der Waals surface area contributed by atoms with Gasteiger partial charge in [-0.05, 0) is 31.8 Å². The molecule has 1 aromatic rings. The Bertz CT molecular complexity index is 508. The summed E-state index contributed by atoms with van der Waals surface area (Å²) in [4.78, 5) is 15.8. The number of benzene rings is 1. The number of carbonyl (C=O) groups is 1. The van der Waals surface area contributed by atoms with Crippen molar-refractivity contribution in [2.75, 3.05) is 40.3 Å². The lowest BCUT2D eigenvalue weighted by molar-refractivity contribution is 0.100. The molecule has 0 aliphatic carbocycles. The lowest BCUT2D eigenvalue weighted by Gasteiger charge is -2.37. The van der Waals surface area contributed by atoms with Crippen LogP contribution in [0.4, 0.5) is 0 Å². The molecular formula is C15H23ClN4O. The number of amides is 1. The number of likely N-dealkylation sites (N-methyl/N-ethyl adjacent to an activating group) is 2. The van der Waals surface area contributed by atoms with Gasteiger partial charge in [-0.15, -0.1) is 0 Å². The number of nitrogens with one attached hydrogen (secondary N) is 1. The van der Waals surface area contributed by atoms with Crippen molar-refractivity contribution in [2.24, 2.45) is 5.73 Å². The molecule has 0 saturated carbocycles. The van der Waals surface area contributed by atoms with Crippen LogP contribution in [0.1, 0.15) is 15.9 Å². The maximum absolute atomic E-state index is 11.1. The predicted molar refractivity (Wildman–Crippen MR) is 85.6 cm³/mol. The van der Waals surface area contributed by atoms with Gasteiger partial charge in [0.1, 0.15) is 0 Å². The van der Waals surface area contributed by atoms with Crippen LogP contribution in [0.5, 0.6) is 0 Å². The minimum Gasteiger partial charge on any atom is -0.366 e. The lowest BCUT2D eigenvalue weighted by atomic mass is 10.1. The Morgan fingerprint density at radius 1 is 1.43 bits per heavy atom. The molecule has 2 rings (SSSR count). The largest absolute Gasteiger partial charge is 0.366 e. The second kappa shape index (κ2) is 7.22. The Balaban J connectivity index is 1.87. The third kappa shape index (κ3) is 4.41. The van der Waals surface area contributed by atoms with E-state index >= 15 is 0 Å². The van der Waals surface area contributed by atoms with Gasteiger partial charge >= 0.3 is 0 Å². The van der Waals surface area contributed by atoms with E-state index in [1.807, 2.05) is 6.07 Å². The zero-order valence-electron chi connectivity index (χ0n) is 12.6. The van der Waals surface area contributed by atoms with Crippen LogP contribution >= 0.6 is 11.6 Å². The van der Waals surface area contributed by atoms with Crippen molar-refractivity contribution in [2.45, 2.75) is 12.6 Å². The van der Waals surface area contributed by atoms with E-state index in [4.69, 9.17) is 17.3 Å². The minimum atomic E-state index is -0.455. The molecule has 6 heteroatoms. The van der Waals surface area contributed by atoms with Crippen molar-refractivity contribution in [3.8, 4) is 0 Å². The fourth-order valence-electron chi connectivity index (χ4n) is 2.54. The zero-order valence-corrected chi connectivity index (χ0v) is 13.4. The van der Waals surface area contributed by atoms with Crippen LogP contribution in [-0.2, 0) is 6.54 Å². The monoisotopic (exact) mass is 310 g/mol. The fourth-order valence-corrected chi connectivity index (χ4v) is 2.79. The molecular weight excluding hydrogens is 288 g/mol. The molecule has 1 amide bonds. The molecule has 0 radical (unpaired) electrons. The topological polar surface area (TPSA) is 61.6 Å². The molecule has 1 atom stereocenters. The Hall–Kier alpha value is -1.14. The van der Waals surface area contributed by atoms with Gasteiger partial charge in [-0.1, -0.05) is 17.7 Å². The first-order valence-electron chi connectivity index (χ1n) is 7.15. The van der Waals surface area contributed by atoms with Gasteiger partial charge in [0, 0.05) is 49.4 Å². The molecule has 1 fully saturated rings. The molecule has 21 heavy (non-hydrogen) atoms. The lowest BCUT2D eigenvalue weighted by Crippen LogP contribution is -2.53. The predicted octanol–water partition coefficient (Wildman–Crippen LogP) is 0.774. The van der Waals surface area contributed by atoms with Gasteiger partial charge in [-0.25, -0.2) is 0 Å². The minimum absolute atomic E-state index is 0.442. The van der Waals surface area contributed by atoms with Gasteiger partial charge in [-0.2, -0.15) is 0 Å². The Labute approximate surface area is 131 Å². The Kier molecular flexibility index (Phi) is 5.58. The highest BCUT2D eigenvalue weighted by atomic mass is 35.5. The highest BCUT2D eigenvalue weighted by Gasteiger charge is 2.21. The van der Waals surface area contributed by atoms with Crippen molar-refractivity contribution >= 4 is 17.5 Å². The van der Waals surface area contributed by atoms with E-state index in [0.717, 1.165) is 31.7 Å². The van der Waals surface area contributed by atoms with Crippen LogP contribution in [0.15, 0.2) is 18.2 Å². The fraction of sp³-hybridized carbons (Fsp3) is 0.533. The summed E-state index contributed by atoms with van der Waals surface area (Å²) in [6.07, 6.45) is 0. The van der Waals surface area contributed by atoms with Crippen molar-refractivity contribution in [1.82, 2.24) is 15.1 Å². The van der Waals surface area contributed by atoms with Crippen molar-refractivity contribution in [3.05, 3.63) is 34.3 Å². The third-order valence-corrected chi connectivity index (χ3v) is 4.37. The molecule has 0 spiro atoms. The maximum Gasteiger partial charge on any atom is 0.248 e. The SMILES string of the molecule is CN1CCN(C)C(CNCc2ccc(C(N)=O)cc2Cl)C1. The Morgan fingerprint density at radius 2 is 2.19 bits per heavy atom. The van der Waals surface area contributed by atoms with Crippen molar-refractivity contribution < 1.29 is 4.79 Å². The van der Waals surface area contributed by atoms with Gasteiger partial charge < -0.3 is 16.0 Å². The summed E-state index contributed by atoms with van der Waals surface area (Å²) in [5.74, 6) is -0.455. The van der Waals surface area contributed by atoms with E-state index < -0.39 is 5.91 Å². The van der Waals surface area contributed by atoms with Crippen molar-refractivity contribution in [3.63, 3.8) is 0 Å². The standard InChI is InChI=1S/C15H23ClN4O/c1-19-5-6-20(2)13(10-19)9-18-8-12-4-3-11(15(17)21)7-14(12)16/h3-4,7,13,18H,5-6,8-10H2,1-2H3,(H2,17,21). The molecule has 1 aliphatic heterocycles. The number of hydrogen-bond acceptors (Lipinski definition) is 4. The summed E-state index contributed by atoms with van der Waals surface area (Å²) in [6, 6.07) is 5.70. The molecule has 3 N–H and O–H groups in total. The van der Waals surface area contributed by atoms with Gasteiger partial charge in [0.15, 0.2) is 0 Å². The van der Waals surface area contributed by atoms with Gasteiger partial charge in [0.05, 0.1) is 0 Å². The molecule has 5 nitrogen and oxygen atoms in total. The number of nitrogens with zero attached hydrogens (tertiary/aromatic N) is 2. The van der Waals surface area contributed by atoms with Crippen LogP contribution < -0.4 is 11.1 Å². The first-order valence-corrected chi connectivity index (χ1v) is 7.53. The first kappa shape index (κ1) is 16.2. The van der Waals surface area contributed by atoms with Crippen LogP contribution in [0.25, 0.3) is 0 Å². The molecule has 1 heterocycles. The molecule has 116 valence electrons. The second-order valence-electron chi connectivity index (χ2n) is 5.70. The normalized spacial score (nSPS) is 20.6. The van der Waals surface area contributed by atoms with Crippen LogP contribution in [0, 0.1) is 0 Å². The number of nitrogens with two attached hydrogens (primary N) is 1. The molecule has 1 aliphatic rings. The van der Waals surface area contributed by atoms with E-state index in [0.29, 0.717) is 23.2 Å². The summed E-state index contributed by atoms with van der Waals surface area (Å²) >= 11 is 6.18. The molecule has 1 saturated heterocycles. The number of hydrogen-bond donors (Lipinski definition) is 2. The number of rotatable bonds is 5. The second-order valence-corrected chi connectivity index (χ2v) is 6.11. The average Bonchev–Trinajstić information content (AvgIpc) is 2.44. The Morgan fingerprint density at radius 3 is 2.86 bits per heavy atom. The van der Waals surface area contributed by atoms with E-state index in [1.54, 1.807) is 12.1 Å². The summed E-state index contributed by atoms with van der Waals surface area (Å²) in [6.45, 7) is 4.88. The van der Waals surface area contributed by atoms with E-state index in [1.165, 1.54) is 0 Å². The van der Waals surface area contributed by atoms with Crippen LogP contribution in [-0.4, -0.2) is 62.0 Å². The van der Waals surface area contributed by atoms with Crippen LogP contribution in [0.2, 0.25) is 5.02 Å². The highest BCUT2D eigenvalue weighted by Crippen LogP contribution is 2.17. The van der Waals surface area contributed by atoms with Crippen LogP contribution in [0.3, 0.4) is 0 Å². The molecule has 0 aromatic heterocycles. The highest BCUT2D eigenvalue weighted by molar-refractivity contribution is 6.31. The van der Waals surface area contributed by atoms with Gasteiger partial charge in [0.2, 0.25) is 5.91 Å². The molecule has 0 bridgehead atoms. The number of primary amides is 1. The number of piperazine rings is 1. The van der Waals surface area contributed by atoms with Crippen molar-refractivity contribution in [1.29, 1.82) is 0 Å². The van der Waals surface area contributed by atoms with E-state index in [9.17, 15) is 4.79 Å². The summed E-state index contributed by atoms with van der Waals surface area (Å²) in [7, 11) is 4.31. The average molecular weight is 311 g/mol. The molecule has 1 aromatic carbocycles. The van der Waals surface area contributed by atoms with Gasteiger partial charge in [0.25, 0.3) is 0 Å².